The van der Waals surface area contributed by atoms with E-state index < -0.39 is 0 Å². The topological polar surface area (TPSA) is 51.6 Å². The van der Waals surface area contributed by atoms with Gasteiger partial charge in [-0.05, 0) is 125 Å². The van der Waals surface area contributed by atoms with E-state index in [0.717, 1.165) is 22.3 Å². The number of nitrogens with zero attached hydrogens (tertiary/aromatic N) is 4. The van der Waals surface area contributed by atoms with Gasteiger partial charge in [0.1, 0.15) is 0 Å². The Kier molecular flexibility index (Phi) is 5.75. The van der Waals surface area contributed by atoms with Crippen LogP contribution in [0.5, 0.6) is 0 Å². The van der Waals surface area contributed by atoms with E-state index in [1.54, 1.807) is 0 Å². The van der Waals surface area contributed by atoms with Crippen LogP contribution in [0.4, 0.5) is 0 Å². The van der Waals surface area contributed by atoms with E-state index in [1.807, 2.05) is 49.6 Å². The molecule has 4 aromatic heterocycles. The Balaban J connectivity index is 1.77. The van der Waals surface area contributed by atoms with Gasteiger partial charge in [-0.15, -0.1) is 0 Å². The second kappa shape index (κ2) is 10.0. The Labute approximate surface area is 243 Å². The summed E-state index contributed by atoms with van der Waals surface area (Å²) in [6.07, 6.45) is 15.0. The first-order chi connectivity index (χ1) is 20.9. The molecule has 8 aromatic rings. The monoisotopic (exact) mass is 536 g/mol. The third-order valence-electron chi connectivity index (χ3n) is 8.06. The molecule has 196 valence electrons. The van der Waals surface area contributed by atoms with Gasteiger partial charge in [-0.2, -0.15) is 0 Å². The molecule has 0 fully saturated rings. The molecule has 4 aromatic carbocycles. The molecule has 0 spiro atoms. The van der Waals surface area contributed by atoms with E-state index in [2.05, 4.69) is 117 Å². The van der Waals surface area contributed by atoms with Crippen LogP contribution in [0.3, 0.4) is 0 Å². The molecule has 4 heterocycles. The van der Waals surface area contributed by atoms with Crippen LogP contribution in [0, 0.1) is 0 Å². The largest absolute Gasteiger partial charge is 0.265 e. The summed E-state index contributed by atoms with van der Waals surface area (Å²) < 4.78 is 0. The van der Waals surface area contributed by atoms with Crippen molar-refractivity contribution >= 4 is 32.3 Å². The number of aromatic nitrogens is 4. The van der Waals surface area contributed by atoms with E-state index in [0.29, 0.717) is 0 Å². The fraction of sp³-hybridized carbons (Fsp3) is 0. The molecule has 0 aliphatic rings. The average molecular weight is 537 g/mol. The quantitative estimate of drug-likeness (QED) is 0.210. The number of rotatable bonds is 4. The highest BCUT2D eigenvalue weighted by molar-refractivity contribution is 6.33. The van der Waals surface area contributed by atoms with Crippen molar-refractivity contribution in [1.82, 2.24) is 19.9 Å². The van der Waals surface area contributed by atoms with E-state index >= 15 is 0 Å². The maximum Gasteiger partial charge on any atom is 0.0273 e. The fourth-order valence-corrected chi connectivity index (χ4v) is 6.40. The minimum atomic E-state index is 1.12. The van der Waals surface area contributed by atoms with Crippen LogP contribution in [0.2, 0.25) is 0 Å². The summed E-state index contributed by atoms with van der Waals surface area (Å²) in [5, 5.41) is 7.15. The number of benzene rings is 4. The fourth-order valence-electron chi connectivity index (χ4n) is 6.40. The lowest BCUT2D eigenvalue weighted by atomic mass is 9.78. The molecule has 0 atom stereocenters. The van der Waals surface area contributed by atoms with Crippen LogP contribution >= 0.6 is 0 Å². The molecular formula is C38H24N4. The standard InChI is InChI=1S/C38H24N4/c1-2-6-30-29(5-1)33(25-9-17-39-18-10-25)37-35(27-13-21-41-22-14-27)31-7-3-4-8-32(31)36(28-15-23-42-24-16-28)38(37)34(30)26-11-19-40-20-12-26/h1-24H. The van der Waals surface area contributed by atoms with Gasteiger partial charge >= 0.3 is 0 Å². The molecule has 4 heteroatoms. The first kappa shape index (κ1) is 24.1. The van der Waals surface area contributed by atoms with Crippen molar-refractivity contribution in [2.24, 2.45) is 0 Å². The third kappa shape index (κ3) is 3.77. The first-order valence-electron chi connectivity index (χ1n) is 13.9. The third-order valence-corrected chi connectivity index (χ3v) is 8.06. The smallest absolute Gasteiger partial charge is 0.0273 e. The lowest BCUT2D eigenvalue weighted by molar-refractivity contribution is 1.33. The van der Waals surface area contributed by atoms with Crippen molar-refractivity contribution < 1.29 is 0 Å². The normalized spacial score (nSPS) is 11.3. The van der Waals surface area contributed by atoms with E-state index in [1.165, 1.54) is 54.6 Å². The summed E-state index contributed by atoms with van der Waals surface area (Å²) in [5.74, 6) is 0. The molecule has 4 nitrogen and oxygen atoms in total. The average Bonchev–Trinajstić information content (AvgIpc) is 3.07. The second-order valence-electron chi connectivity index (χ2n) is 10.3. The van der Waals surface area contributed by atoms with Crippen LogP contribution in [0.15, 0.2) is 147 Å². The lowest BCUT2D eigenvalue weighted by Crippen LogP contribution is -1.98. The molecule has 0 radical (unpaired) electrons. The highest BCUT2D eigenvalue weighted by Gasteiger charge is 2.25. The van der Waals surface area contributed by atoms with Crippen molar-refractivity contribution in [2.45, 2.75) is 0 Å². The molecule has 0 amide bonds. The lowest BCUT2D eigenvalue weighted by Gasteiger charge is -2.25. The van der Waals surface area contributed by atoms with Crippen LogP contribution < -0.4 is 0 Å². The van der Waals surface area contributed by atoms with E-state index in [-0.39, 0.29) is 0 Å². The Morgan fingerprint density at radius 1 is 0.262 bits per heavy atom. The Morgan fingerprint density at radius 3 is 0.690 bits per heavy atom. The number of hydrogen-bond acceptors (Lipinski definition) is 4. The first-order valence-corrected chi connectivity index (χ1v) is 13.9. The summed E-state index contributed by atoms with van der Waals surface area (Å²) in [4.78, 5) is 17.5. The molecule has 0 aliphatic carbocycles. The van der Waals surface area contributed by atoms with E-state index in [4.69, 9.17) is 0 Å². The predicted molar refractivity (Wildman–Crippen MR) is 172 cm³/mol. The summed E-state index contributed by atoms with van der Waals surface area (Å²) in [7, 11) is 0. The van der Waals surface area contributed by atoms with Crippen LogP contribution in [-0.2, 0) is 0 Å². The van der Waals surface area contributed by atoms with Crippen molar-refractivity contribution in [3.8, 4) is 44.5 Å². The molecule has 0 N–H and O–H groups in total. The highest BCUT2D eigenvalue weighted by Crippen LogP contribution is 2.53. The van der Waals surface area contributed by atoms with Crippen LogP contribution in [0.25, 0.3) is 76.8 Å². The molecule has 0 saturated heterocycles. The second-order valence-corrected chi connectivity index (χ2v) is 10.3. The molecule has 8 rings (SSSR count). The van der Waals surface area contributed by atoms with Gasteiger partial charge in [-0.1, -0.05) is 48.5 Å². The Morgan fingerprint density at radius 2 is 0.476 bits per heavy atom. The maximum atomic E-state index is 4.37. The zero-order chi connectivity index (χ0) is 27.9. The minimum absolute atomic E-state index is 1.12. The van der Waals surface area contributed by atoms with Crippen molar-refractivity contribution in [2.75, 3.05) is 0 Å². The van der Waals surface area contributed by atoms with Crippen molar-refractivity contribution in [3.05, 3.63) is 147 Å². The van der Waals surface area contributed by atoms with Crippen molar-refractivity contribution in [3.63, 3.8) is 0 Å². The summed E-state index contributed by atoms with van der Waals surface area (Å²) >= 11 is 0. The van der Waals surface area contributed by atoms with Gasteiger partial charge in [0.05, 0.1) is 0 Å². The summed E-state index contributed by atoms with van der Waals surface area (Å²) in [6, 6.07) is 34.4. The minimum Gasteiger partial charge on any atom is -0.265 e. The number of hydrogen-bond donors (Lipinski definition) is 0. The molecule has 0 saturated carbocycles. The van der Waals surface area contributed by atoms with Gasteiger partial charge in [-0.3, -0.25) is 19.9 Å². The van der Waals surface area contributed by atoms with Crippen LogP contribution in [-0.4, -0.2) is 19.9 Å². The SMILES string of the molecule is c1ccc2c(-c3ccncc3)c3c(-c4ccncc4)c4ccccc4c(-c4ccncc4)c3c(-c3ccncc3)c2c1. The molecule has 0 bridgehead atoms. The molecule has 0 unspecified atom stereocenters. The van der Waals surface area contributed by atoms with Gasteiger partial charge in [0.25, 0.3) is 0 Å². The predicted octanol–water partition coefficient (Wildman–Crippen LogP) is 9.39. The van der Waals surface area contributed by atoms with Gasteiger partial charge in [0.15, 0.2) is 0 Å². The Hall–Kier alpha value is -5.74. The summed E-state index contributed by atoms with van der Waals surface area (Å²) in [6.45, 7) is 0. The maximum absolute atomic E-state index is 4.37. The zero-order valence-corrected chi connectivity index (χ0v) is 22.6. The van der Waals surface area contributed by atoms with Gasteiger partial charge in [0, 0.05) is 49.6 Å². The van der Waals surface area contributed by atoms with Gasteiger partial charge in [-0.25, -0.2) is 0 Å². The van der Waals surface area contributed by atoms with Gasteiger partial charge < -0.3 is 0 Å². The van der Waals surface area contributed by atoms with Crippen molar-refractivity contribution in [1.29, 1.82) is 0 Å². The summed E-state index contributed by atoms with van der Waals surface area (Å²) in [5.41, 5.74) is 9.25. The molecular weight excluding hydrogens is 512 g/mol. The zero-order valence-electron chi connectivity index (χ0n) is 22.6. The van der Waals surface area contributed by atoms with Gasteiger partial charge in [0.2, 0.25) is 0 Å². The Bertz CT molecular complexity index is 1900. The number of pyridine rings is 4. The highest BCUT2D eigenvalue weighted by atomic mass is 14.6. The van der Waals surface area contributed by atoms with E-state index in [9.17, 15) is 0 Å². The number of fused-ring (bicyclic) bond motifs is 3. The molecule has 42 heavy (non-hydrogen) atoms. The molecule has 0 aliphatic heterocycles. The van der Waals surface area contributed by atoms with Crippen LogP contribution in [0.1, 0.15) is 0 Å².